The molecule has 8 heteroatoms. The van der Waals surface area contributed by atoms with Crippen LogP contribution < -0.4 is 20.4 Å². The minimum atomic E-state index is -0.885. The molecule has 2 unspecified atom stereocenters. The minimum absolute atomic E-state index is 0.0692. The number of carbonyl (C=O) groups excluding carboxylic acids is 2. The third-order valence-electron chi connectivity index (χ3n) is 4.93. The molecule has 0 fully saturated rings. The third kappa shape index (κ3) is 5.48. The van der Waals surface area contributed by atoms with Gasteiger partial charge in [0.15, 0.2) is 6.10 Å². The quantitative estimate of drug-likeness (QED) is 0.315. The molecule has 1 N–H and O–H groups in total. The Morgan fingerprint density at radius 2 is 1.88 bits per heavy atom. The Labute approximate surface area is 190 Å². The predicted molar refractivity (Wildman–Crippen MR) is 122 cm³/mol. The van der Waals surface area contributed by atoms with E-state index in [0.717, 1.165) is 12.0 Å². The van der Waals surface area contributed by atoms with Crippen LogP contribution in [-0.2, 0) is 4.79 Å². The minimum Gasteiger partial charge on any atom is -0.479 e. The van der Waals surface area contributed by atoms with Crippen molar-refractivity contribution in [2.45, 2.75) is 46.3 Å². The van der Waals surface area contributed by atoms with Gasteiger partial charge in [-0.3, -0.25) is 4.79 Å². The molecule has 3 rings (SSSR count). The van der Waals surface area contributed by atoms with Crippen molar-refractivity contribution in [3.05, 3.63) is 69.0 Å². The van der Waals surface area contributed by atoms with Crippen LogP contribution in [0.3, 0.4) is 0 Å². The lowest BCUT2D eigenvalue weighted by Crippen LogP contribution is -2.34. The van der Waals surface area contributed by atoms with Crippen LogP contribution in [0.4, 0.5) is 0 Å². The zero-order chi connectivity index (χ0) is 23.4. The highest BCUT2D eigenvalue weighted by molar-refractivity contribution is 6.30. The summed E-state index contributed by atoms with van der Waals surface area (Å²) in [6, 6.07) is 11.1. The van der Waals surface area contributed by atoms with Gasteiger partial charge >= 0.3 is 11.6 Å². The van der Waals surface area contributed by atoms with Crippen LogP contribution in [0.5, 0.6) is 11.5 Å². The lowest BCUT2D eigenvalue weighted by Gasteiger charge is -2.15. The number of aryl methyl sites for hydroxylation is 1. The molecule has 0 aliphatic carbocycles. The van der Waals surface area contributed by atoms with E-state index >= 15 is 0 Å². The van der Waals surface area contributed by atoms with Gasteiger partial charge in [-0.15, -0.1) is 0 Å². The molecule has 1 aromatic heterocycles. The van der Waals surface area contributed by atoms with E-state index in [1.54, 1.807) is 37.3 Å². The van der Waals surface area contributed by atoms with Crippen molar-refractivity contribution in [3.63, 3.8) is 0 Å². The molecule has 7 nitrogen and oxygen atoms in total. The molecule has 0 radical (unpaired) electrons. The highest BCUT2D eigenvalue weighted by Gasteiger charge is 2.20. The van der Waals surface area contributed by atoms with Gasteiger partial charge in [0.1, 0.15) is 22.6 Å². The van der Waals surface area contributed by atoms with Crippen molar-refractivity contribution in [1.82, 2.24) is 5.32 Å². The normalized spacial score (nSPS) is 12.8. The monoisotopic (exact) mass is 457 g/mol. The van der Waals surface area contributed by atoms with Gasteiger partial charge in [0.2, 0.25) is 0 Å². The molecule has 1 amide bonds. The Balaban J connectivity index is 1.75. The number of benzene rings is 2. The number of rotatable bonds is 7. The van der Waals surface area contributed by atoms with Crippen LogP contribution in [0.25, 0.3) is 11.0 Å². The maximum Gasteiger partial charge on any atom is 0.352 e. The van der Waals surface area contributed by atoms with Crippen LogP contribution in [0.15, 0.2) is 51.7 Å². The van der Waals surface area contributed by atoms with Crippen LogP contribution in [-0.4, -0.2) is 24.0 Å². The zero-order valence-corrected chi connectivity index (χ0v) is 19.0. The smallest absolute Gasteiger partial charge is 0.352 e. The fourth-order valence-electron chi connectivity index (χ4n) is 2.90. The third-order valence-corrected chi connectivity index (χ3v) is 5.17. The number of hydrogen-bond acceptors (Lipinski definition) is 6. The Hall–Kier alpha value is -3.32. The highest BCUT2D eigenvalue weighted by atomic mass is 35.5. The molecule has 2 aromatic carbocycles. The van der Waals surface area contributed by atoms with Gasteiger partial charge in [-0.05, 0) is 69.2 Å². The van der Waals surface area contributed by atoms with E-state index in [1.807, 2.05) is 20.8 Å². The molecule has 3 aromatic rings. The number of nitrogens with one attached hydrogen (secondary N) is 1. The molecule has 0 aliphatic heterocycles. The summed E-state index contributed by atoms with van der Waals surface area (Å²) in [7, 11) is 0. The summed E-state index contributed by atoms with van der Waals surface area (Å²) < 4.78 is 16.3. The fourth-order valence-corrected chi connectivity index (χ4v) is 3.13. The van der Waals surface area contributed by atoms with Gasteiger partial charge in [0.05, 0.1) is 0 Å². The van der Waals surface area contributed by atoms with Gasteiger partial charge < -0.3 is 19.2 Å². The second-order valence-electron chi connectivity index (χ2n) is 7.52. The van der Waals surface area contributed by atoms with Crippen LogP contribution in [0.2, 0.25) is 5.02 Å². The van der Waals surface area contributed by atoms with Crippen LogP contribution in [0, 0.1) is 6.92 Å². The Bertz CT molecular complexity index is 1220. The van der Waals surface area contributed by atoms with Crippen LogP contribution in [0.1, 0.15) is 43.1 Å². The maximum atomic E-state index is 12.5. The molecule has 32 heavy (non-hydrogen) atoms. The number of carbonyl (C=O) groups is 2. The lowest BCUT2D eigenvalue weighted by atomic mass is 10.1. The second-order valence-corrected chi connectivity index (χ2v) is 7.96. The summed E-state index contributed by atoms with van der Waals surface area (Å²) in [5.41, 5.74) is 0.139. The highest BCUT2D eigenvalue weighted by Crippen LogP contribution is 2.24. The zero-order valence-electron chi connectivity index (χ0n) is 18.2. The van der Waals surface area contributed by atoms with E-state index < -0.39 is 23.6 Å². The molecule has 0 saturated carbocycles. The number of hydrogen-bond donors (Lipinski definition) is 1. The van der Waals surface area contributed by atoms with Crippen molar-refractivity contribution in [3.8, 4) is 11.5 Å². The summed E-state index contributed by atoms with van der Waals surface area (Å²) in [5, 5.41) is 3.84. The van der Waals surface area contributed by atoms with Crippen molar-refractivity contribution >= 4 is 34.4 Å². The van der Waals surface area contributed by atoms with E-state index in [-0.39, 0.29) is 22.9 Å². The van der Waals surface area contributed by atoms with E-state index in [9.17, 15) is 14.4 Å². The number of esters is 1. The van der Waals surface area contributed by atoms with E-state index in [2.05, 4.69) is 5.32 Å². The van der Waals surface area contributed by atoms with Gasteiger partial charge in [-0.25, -0.2) is 9.59 Å². The van der Waals surface area contributed by atoms with Crippen LogP contribution >= 0.6 is 11.6 Å². The summed E-state index contributed by atoms with van der Waals surface area (Å²) in [6.45, 7) is 7.17. The number of fused-ring (bicyclic) bond motifs is 1. The summed E-state index contributed by atoms with van der Waals surface area (Å²) >= 11 is 5.94. The first-order chi connectivity index (χ1) is 15.2. The van der Waals surface area contributed by atoms with Gasteiger partial charge in [-0.2, -0.15) is 0 Å². The number of halogens is 1. The Kier molecular flexibility index (Phi) is 7.20. The molecular formula is C24H24ClNO6. The standard InChI is InChI=1S/C24H24ClNO6/c1-5-14(3)26-22(27)19-11-16-6-8-18(12-21(16)32-24(19)29)31-23(28)15(4)30-20-9-7-17(25)10-13(20)2/h6-12,14-15H,5H2,1-4H3,(H,26,27). The average molecular weight is 458 g/mol. The summed E-state index contributed by atoms with van der Waals surface area (Å²) in [5.74, 6) is -0.406. The van der Waals surface area contributed by atoms with Gasteiger partial charge in [0.25, 0.3) is 5.91 Å². The first kappa shape index (κ1) is 23.3. The van der Waals surface area contributed by atoms with Crippen molar-refractivity contribution in [2.75, 3.05) is 0 Å². The van der Waals surface area contributed by atoms with Gasteiger partial charge in [-0.1, -0.05) is 18.5 Å². The molecule has 0 aliphatic rings. The molecule has 2 atom stereocenters. The summed E-state index contributed by atoms with van der Waals surface area (Å²) in [6.07, 6.45) is -0.150. The van der Waals surface area contributed by atoms with E-state index in [0.29, 0.717) is 16.2 Å². The van der Waals surface area contributed by atoms with Gasteiger partial charge in [0, 0.05) is 22.5 Å². The largest absolute Gasteiger partial charge is 0.479 e. The Morgan fingerprint density at radius 3 is 2.56 bits per heavy atom. The van der Waals surface area contributed by atoms with Crippen molar-refractivity contribution < 1.29 is 23.5 Å². The topological polar surface area (TPSA) is 94.8 Å². The van der Waals surface area contributed by atoms with Crippen molar-refractivity contribution in [1.29, 1.82) is 0 Å². The molecule has 1 heterocycles. The van der Waals surface area contributed by atoms with E-state index in [4.69, 9.17) is 25.5 Å². The fraction of sp³-hybridized carbons (Fsp3) is 0.292. The second kappa shape index (κ2) is 9.87. The lowest BCUT2D eigenvalue weighted by molar-refractivity contribution is -0.141. The molecule has 168 valence electrons. The van der Waals surface area contributed by atoms with E-state index in [1.165, 1.54) is 12.1 Å². The van der Waals surface area contributed by atoms with Crippen molar-refractivity contribution in [2.24, 2.45) is 0 Å². The Morgan fingerprint density at radius 1 is 1.12 bits per heavy atom. The number of ether oxygens (including phenoxy) is 2. The maximum absolute atomic E-state index is 12.5. The average Bonchev–Trinajstić information content (AvgIpc) is 2.74. The summed E-state index contributed by atoms with van der Waals surface area (Å²) in [4.78, 5) is 37.0. The molecule has 0 spiro atoms. The number of amides is 1. The first-order valence-corrected chi connectivity index (χ1v) is 10.6. The molecule has 0 saturated heterocycles. The predicted octanol–water partition coefficient (Wildman–Crippen LogP) is 4.66. The first-order valence-electron chi connectivity index (χ1n) is 10.2. The SMILES string of the molecule is CCC(C)NC(=O)c1cc2ccc(OC(=O)C(C)Oc3ccc(Cl)cc3C)cc2oc1=O. The molecule has 0 bridgehead atoms. The molecular weight excluding hydrogens is 434 g/mol.